The van der Waals surface area contributed by atoms with E-state index >= 15 is 0 Å². The fraction of sp³-hybridized carbons (Fsp3) is 0.125. The lowest BCUT2D eigenvalue weighted by Crippen LogP contribution is -2.02. The predicted molar refractivity (Wildman–Crippen MR) is 78.0 cm³/mol. The molecule has 94 valence electrons. The topological polar surface area (TPSA) is 37.8 Å². The molecule has 0 bridgehead atoms. The Bertz CT molecular complexity index is 702. The Hall–Kier alpha value is -2.42. The minimum Gasteiger partial charge on any atom is -0.379 e. The zero-order valence-electron chi connectivity index (χ0n) is 10.8. The Kier molecular flexibility index (Phi) is 3.11. The van der Waals surface area contributed by atoms with E-state index in [2.05, 4.69) is 33.5 Å². The number of nitrogens with one attached hydrogen (secondary N) is 1. The molecule has 1 aromatic carbocycles. The highest BCUT2D eigenvalue weighted by Crippen LogP contribution is 2.19. The molecule has 3 aromatic rings. The average Bonchev–Trinajstić information content (AvgIpc) is 2.46. The molecule has 0 aliphatic rings. The maximum absolute atomic E-state index is 4.29. The summed E-state index contributed by atoms with van der Waals surface area (Å²) in [5, 5.41) is 5.83. The van der Waals surface area contributed by atoms with Crippen molar-refractivity contribution in [1.82, 2.24) is 9.97 Å². The SMILES string of the molecule is Cc1ncccc1NCc1cncc2ccccc12. The summed E-state index contributed by atoms with van der Waals surface area (Å²) in [6.45, 7) is 2.75. The van der Waals surface area contributed by atoms with Gasteiger partial charge in [-0.15, -0.1) is 0 Å². The molecule has 0 fully saturated rings. The number of aromatic nitrogens is 2. The standard InChI is InChI=1S/C16H15N3/c1-12-16(7-4-8-18-12)19-11-14-10-17-9-13-5-2-3-6-15(13)14/h2-10,19H,11H2,1H3. The minimum absolute atomic E-state index is 0.751. The van der Waals surface area contributed by atoms with Gasteiger partial charge < -0.3 is 5.32 Å². The second-order valence-electron chi connectivity index (χ2n) is 4.51. The van der Waals surface area contributed by atoms with Crippen LogP contribution in [0, 0.1) is 6.92 Å². The number of rotatable bonds is 3. The van der Waals surface area contributed by atoms with Gasteiger partial charge in [0.1, 0.15) is 0 Å². The maximum Gasteiger partial charge on any atom is 0.0603 e. The highest BCUT2D eigenvalue weighted by molar-refractivity contribution is 5.84. The molecule has 2 aromatic heterocycles. The molecule has 0 radical (unpaired) electrons. The molecule has 3 nitrogen and oxygen atoms in total. The van der Waals surface area contributed by atoms with Crippen LogP contribution in [0.4, 0.5) is 5.69 Å². The Labute approximate surface area is 112 Å². The van der Waals surface area contributed by atoms with E-state index in [-0.39, 0.29) is 0 Å². The van der Waals surface area contributed by atoms with Gasteiger partial charge in [-0.25, -0.2) is 0 Å². The Morgan fingerprint density at radius 3 is 2.84 bits per heavy atom. The van der Waals surface area contributed by atoms with Crippen molar-refractivity contribution in [2.24, 2.45) is 0 Å². The molecule has 19 heavy (non-hydrogen) atoms. The zero-order valence-corrected chi connectivity index (χ0v) is 10.8. The number of hydrogen-bond acceptors (Lipinski definition) is 3. The van der Waals surface area contributed by atoms with Crippen LogP contribution >= 0.6 is 0 Å². The number of pyridine rings is 2. The number of nitrogens with zero attached hydrogens (tertiary/aromatic N) is 2. The average molecular weight is 249 g/mol. The van der Waals surface area contributed by atoms with Gasteiger partial charge in [0.15, 0.2) is 0 Å². The van der Waals surface area contributed by atoms with Crippen LogP contribution < -0.4 is 5.32 Å². The van der Waals surface area contributed by atoms with E-state index in [0.29, 0.717) is 0 Å². The molecule has 2 heterocycles. The second-order valence-corrected chi connectivity index (χ2v) is 4.51. The Balaban J connectivity index is 1.88. The van der Waals surface area contributed by atoms with Gasteiger partial charge in [0, 0.05) is 30.5 Å². The van der Waals surface area contributed by atoms with Gasteiger partial charge in [0.25, 0.3) is 0 Å². The highest BCUT2D eigenvalue weighted by Gasteiger charge is 2.02. The van der Waals surface area contributed by atoms with E-state index in [1.807, 2.05) is 37.5 Å². The molecular weight excluding hydrogens is 234 g/mol. The predicted octanol–water partition coefficient (Wildman–Crippen LogP) is 3.55. The van der Waals surface area contributed by atoms with Gasteiger partial charge >= 0.3 is 0 Å². The van der Waals surface area contributed by atoms with E-state index in [9.17, 15) is 0 Å². The summed E-state index contributed by atoms with van der Waals surface area (Å²) >= 11 is 0. The van der Waals surface area contributed by atoms with Gasteiger partial charge in [0.05, 0.1) is 11.4 Å². The van der Waals surface area contributed by atoms with Crippen LogP contribution in [-0.2, 0) is 6.54 Å². The van der Waals surface area contributed by atoms with Crippen molar-refractivity contribution in [1.29, 1.82) is 0 Å². The lowest BCUT2D eigenvalue weighted by molar-refractivity contribution is 1.10. The fourth-order valence-electron chi connectivity index (χ4n) is 2.18. The van der Waals surface area contributed by atoms with E-state index in [1.165, 1.54) is 16.3 Å². The summed E-state index contributed by atoms with van der Waals surface area (Å²) in [7, 11) is 0. The van der Waals surface area contributed by atoms with Crippen molar-refractivity contribution in [3.05, 3.63) is 66.2 Å². The third-order valence-electron chi connectivity index (χ3n) is 3.23. The van der Waals surface area contributed by atoms with Crippen LogP contribution in [0.1, 0.15) is 11.3 Å². The van der Waals surface area contributed by atoms with Crippen LogP contribution in [0.3, 0.4) is 0 Å². The fourth-order valence-corrected chi connectivity index (χ4v) is 2.18. The number of aryl methyl sites for hydroxylation is 1. The van der Waals surface area contributed by atoms with Gasteiger partial charge in [-0.3, -0.25) is 9.97 Å². The molecule has 0 atom stereocenters. The summed E-state index contributed by atoms with van der Waals surface area (Å²) < 4.78 is 0. The Morgan fingerprint density at radius 2 is 1.95 bits per heavy atom. The van der Waals surface area contributed by atoms with E-state index in [0.717, 1.165) is 17.9 Å². The summed E-state index contributed by atoms with van der Waals surface area (Å²) in [6, 6.07) is 12.3. The van der Waals surface area contributed by atoms with Gasteiger partial charge in [-0.1, -0.05) is 24.3 Å². The van der Waals surface area contributed by atoms with Crippen molar-refractivity contribution >= 4 is 16.5 Å². The molecule has 0 aliphatic carbocycles. The monoisotopic (exact) mass is 249 g/mol. The van der Waals surface area contributed by atoms with Gasteiger partial charge in [-0.2, -0.15) is 0 Å². The molecule has 0 spiro atoms. The zero-order chi connectivity index (χ0) is 13.1. The molecule has 0 saturated heterocycles. The largest absolute Gasteiger partial charge is 0.379 e. The molecule has 1 N–H and O–H groups in total. The van der Waals surface area contributed by atoms with Gasteiger partial charge in [0.2, 0.25) is 0 Å². The molecular formula is C16H15N3. The maximum atomic E-state index is 4.29. The van der Waals surface area contributed by atoms with Crippen LogP contribution in [0.5, 0.6) is 0 Å². The van der Waals surface area contributed by atoms with Crippen molar-refractivity contribution in [3.8, 4) is 0 Å². The molecule has 3 heteroatoms. The first-order chi connectivity index (χ1) is 9.34. The quantitative estimate of drug-likeness (QED) is 0.771. The lowest BCUT2D eigenvalue weighted by atomic mass is 10.1. The highest BCUT2D eigenvalue weighted by atomic mass is 14.9. The lowest BCUT2D eigenvalue weighted by Gasteiger charge is -2.10. The normalized spacial score (nSPS) is 10.6. The molecule has 0 amide bonds. The smallest absolute Gasteiger partial charge is 0.0603 e. The number of benzene rings is 1. The molecule has 0 unspecified atom stereocenters. The van der Waals surface area contributed by atoms with E-state index in [4.69, 9.17) is 0 Å². The molecule has 0 saturated carbocycles. The second kappa shape index (κ2) is 5.06. The summed E-state index contributed by atoms with van der Waals surface area (Å²) in [6.07, 6.45) is 5.62. The van der Waals surface area contributed by atoms with Crippen molar-refractivity contribution < 1.29 is 0 Å². The van der Waals surface area contributed by atoms with Crippen molar-refractivity contribution in [3.63, 3.8) is 0 Å². The van der Waals surface area contributed by atoms with E-state index < -0.39 is 0 Å². The molecule has 3 rings (SSSR count). The number of hydrogen-bond donors (Lipinski definition) is 1. The van der Waals surface area contributed by atoms with E-state index in [1.54, 1.807) is 6.20 Å². The third-order valence-corrected chi connectivity index (χ3v) is 3.23. The summed E-state index contributed by atoms with van der Waals surface area (Å²) in [5.41, 5.74) is 3.27. The van der Waals surface area contributed by atoms with Crippen LogP contribution in [-0.4, -0.2) is 9.97 Å². The first-order valence-corrected chi connectivity index (χ1v) is 6.32. The minimum atomic E-state index is 0.751. The van der Waals surface area contributed by atoms with Crippen LogP contribution in [0.2, 0.25) is 0 Å². The number of fused-ring (bicyclic) bond motifs is 1. The first-order valence-electron chi connectivity index (χ1n) is 6.32. The Morgan fingerprint density at radius 1 is 1.05 bits per heavy atom. The van der Waals surface area contributed by atoms with Crippen LogP contribution in [0.15, 0.2) is 55.0 Å². The summed E-state index contributed by atoms with van der Waals surface area (Å²) in [4.78, 5) is 8.57. The van der Waals surface area contributed by atoms with Crippen molar-refractivity contribution in [2.75, 3.05) is 5.32 Å². The van der Waals surface area contributed by atoms with Gasteiger partial charge in [-0.05, 0) is 30.0 Å². The first kappa shape index (κ1) is 11.7. The summed E-state index contributed by atoms with van der Waals surface area (Å²) in [5.74, 6) is 0. The third kappa shape index (κ3) is 2.40. The molecule has 0 aliphatic heterocycles. The number of anilines is 1. The van der Waals surface area contributed by atoms with Crippen molar-refractivity contribution in [2.45, 2.75) is 13.5 Å². The van der Waals surface area contributed by atoms with Crippen LogP contribution in [0.25, 0.3) is 10.8 Å².